The van der Waals surface area contributed by atoms with Crippen LogP contribution in [0.1, 0.15) is 27.7 Å². The maximum absolute atomic E-state index is 9.29. The normalized spacial score (nSPS) is 13.3. The van der Waals surface area contributed by atoms with Gasteiger partial charge in [0.1, 0.15) is 5.60 Å². The first-order valence-electron chi connectivity index (χ1n) is 3.86. The van der Waals surface area contributed by atoms with Gasteiger partial charge < -0.3 is 9.84 Å². The molecule has 0 amide bonds. The molecule has 0 radical (unpaired) electrons. The number of terminal acetylenes is 1. The molecule has 0 aromatic heterocycles. The van der Waals surface area contributed by atoms with Gasteiger partial charge in [0, 0.05) is 0 Å². The van der Waals surface area contributed by atoms with Crippen LogP contribution in [0.3, 0.4) is 0 Å². The molecule has 1 unspecified atom stereocenters. The van der Waals surface area contributed by atoms with Gasteiger partial charge >= 0.3 is 0 Å². The topological polar surface area (TPSA) is 29.5 Å². The van der Waals surface area contributed by atoms with Crippen molar-refractivity contribution in [2.75, 3.05) is 0 Å². The lowest BCUT2D eigenvalue weighted by molar-refractivity contribution is -0.121. The smallest absolute Gasteiger partial charge is 0.176 e. The molecule has 1 atom stereocenters. The van der Waals surface area contributed by atoms with Gasteiger partial charge in [-0.05, 0) is 33.8 Å². The van der Waals surface area contributed by atoms with Gasteiger partial charge in [0.2, 0.25) is 0 Å². The molecule has 0 spiro atoms. The maximum atomic E-state index is 9.29. The van der Waals surface area contributed by atoms with Gasteiger partial charge in [-0.1, -0.05) is 11.5 Å². The first-order valence-corrected chi connectivity index (χ1v) is 3.86. The van der Waals surface area contributed by atoms with E-state index in [0.717, 1.165) is 5.57 Å². The van der Waals surface area contributed by atoms with Gasteiger partial charge in [-0.3, -0.25) is 0 Å². The van der Waals surface area contributed by atoms with Crippen molar-refractivity contribution in [1.82, 2.24) is 0 Å². The summed E-state index contributed by atoms with van der Waals surface area (Å²) in [7, 11) is 0. The zero-order chi connectivity index (χ0) is 9.78. The molecule has 0 saturated heterocycles. The fourth-order valence-corrected chi connectivity index (χ4v) is 0.655. The van der Waals surface area contributed by atoms with Crippen molar-refractivity contribution in [3.63, 3.8) is 0 Å². The second kappa shape index (κ2) is 4.30. The van der Waals surface area contributed by atoms with Gasteiger partial charge in [0.05, 0.1) is 0 Å². The summed E-state index contributed by atoms with van der Waals surface area (Å²) >= 11 is 0. The second-order valence-electron chi connectivity index (χ2n) is 3.41. The predicted octanol–water partition coefficient (Wildman–Crippen LogP) is 1.70. The molecule has 0 bridgehead atoms. The van der Waals surface area contributed by atoms with Gasteiger partial charge in [0.25, 0.3) is 0 Å². The van der Waals surface area contributed by atoms with Crippen LogP contribution >= 0.6 is 0 Å². The van der Waals surface area contributed by atoms with E-state index in [-0.39, 0.29) is 0 Å². The van der Waals surface area contributed by atoms with Crippen LogP contribution < -0.4 is 0 Å². The monoisotopic (exact) mass is 168 g/mol. The van der Waals surface area contributed by atoms with Gasteiger partial charge in [-0.2, -0.15) is 0 Å². The van der Waals surface area contributed by atoms with Crippen molar-refractivity contribution in [3.8, 4) is 12.3 Å². The van der Waals surface area contributed by atoms with Crippen molar-refractivity contribution < 1.29 is 9.84 Å². The van der Waals surface area contributed by atoms with Gasteiger partial charge in [0.15, 0.2) is 6.29 Å². The molecule has 1 N–H and O–H groups in total. The Morgan fingerprint density at radius 1 is 1.58 bits per heavy atom. The van der Waals surface area contributed by atoms with E-state index in [1.165, 1.54) is 0 Å². The average molecular weight is 168 g/mol. The molecule has 0 heterocycles. The Hall–Kier alpha value is -0.780. The van der Waals surface area contributed by atoms with Crippen LogP contribution in [0.5, 0.6) is 0 Å². The minimum atomic E-state index is -0.916. The number of rotatable bonds is 3. The Bertz CT molecular complexity index is 204. The highest BCUT2D eigenvalue weighted by molar-refractivity contribution is 5.04. The summed E-state index contributed by atoms with van der Waals surface area (Å²) in [6.45, 7) is 7.23. The molecule has 0 aliphatic heterocycles. The van der Waals surface area contributed by atoms with Crippen LogP contribution in [-0.2, 0) is 4.74 Å². The molecule has 0 aromatic rings. The largest absolute Gasteiger partial charge is 0.365 e. The molecular formula is C10H16O2. The van der Waals surface area contributed by atoms with Crippen molar-refractivity contribution in [1.29, 1.82) is 0 Å². The van der Waals surface area contributed by atoms with Crippen LogP contribution in [0.15, 0.2) is 11.6 Å². The maximum Gasteiger partial charge on any atom is 0.176 e. The van der Waals surface area contributed by atoms with E-state index < -0.39 is 11.9 Å². The molecule has 12 heavy (non-hydrogen) atoms. The molecule has 0 rings (SSSR count). The molecule has 0 aliphatic rings. The third-order valence-electron chi connectivity index (χ3n) is 1.24. The van der Waals surface area contributed by atoms with E-state index in [4.69, 9.17) is 11.2 Å². The minimum Gasteiger partial charge on any atom is -0.365 e. The Morgan fingerprint density at radius 2 is 2.08 bits per heavy atom. The number of aliphatic hydroxyl groups excluding tert-OH is 1. The molecule has 2 nitrogen and oxygen atoms in total. The predicted molar refractivity (Wildman–Crippen MR) is 49.4 cm³/mol. The number of hydrogen-bond donors (Lipinski definition) is 1. The van der Waals surface area contributed by atoms with Crippen LogP contribution in [-0.4, -0.2) is 17.0 Å². The highest BCUT2D eigenvalue weighted by atomic mass is 16.6. The summed E-state index contributed by atoms with van der Waals surface area (Å²) in [5.74, 6) is 2.43. The Kier molecular flexibility index (Phi) is 4.02. The molecule has 68 valence electrons. The van der Waals surface area contributed by atoms with E-state index in [9.17, 15) is 5.11 Å². The number of hydrogen-bond acceptors (Lipinski definition) is 2. The van der Waals surface area contributed by atoms with E-state index >= 15 is 0 Å². The summed E-state index contributed by atoms with van der Waals surface area (Å²) < 4.78 is 5.14. The van der Waals surface area contributed by atoms with E-state index in [0.29, 0.717) is 0 Å². The molecule has 0 aliphatic carbocycles. The first-order chi connectivity index (χ1) is 5.37. The third kappa shape index (κ3) is 4.95. The van der Waals surface area contributed by atoms with Crippen molar-refractivity contribution in [2.45, 2.75) is 39.6 Å². The number of ether oxygens (including phenoxy) is 1. The zero-order valence-corrected chi connectivity index (χ0v) is 8.09. The Labute approximate surface area is 74.2 Å². The SMILES string of the molecule is C#CC(C)(C)OC(O)C=C(C)C. The van der Waals surface area contributed by atoms with E-state index in [1.54, 1.807) is 19.9 Å². The fraction of sp³-hybridized carbons (Fsp3) is 0.600. The summed E-state index contributed by atoms with van der Waals surface area (Å²) in [5, 5.41) is 9.29. The summed E-state index contributed by atoms with van der Waals surface area (Å²) in [6.07, 6.45) is 5.87. The highest BCUT2D eigenvalue weighted by Crippen LogP contribution is 2.10. The van der Waals surface area contributed by atoms with Crippen molar-refractivity contribution in [3.05, 3.63) is 11.6 Å². The minimum absolute atomic E-state index is 0.717. The molecule has 0 aromatic carbocycles. The standard InChI is InChI=1S/C10H16O2/c1-6-10(4,5)12-9(11)7-8(2)3/h1,7,9,11H,2-5H3. The van der Waals surface area contributed by atoms with Crippen LogP contribution in [0.4, 0.5) is 0 Å². The van der Waals surface area contributed by atoms with Crippen LogP contribution in [0.2, 0.25) is 0 Å². The molecular weight excluding hydrogens is 152 g/mol. The summed E-state index contributed by atoms with van der Waals surface area (Å²) in [4.78, 5) is 0. The average Bonchev–Trinajstić information content (AvgIpc) is 1.84. The van der Waals surface area contributed by atoms with Crippen molar-refractivity contribution >= 4 is 0 Å². The summed E-state index contributed by atoms with van der Waals surface area (Å²) in [5.41, 5.74) is 0.279. The zero-order valence-electron chi connectivity index (χ0n) is 8.09. The molecule has 0 fully saturated rings. The third-order valence-corrected chi connectivity index (χ3v) is 1.24. The number of allylic oxidation sites excluding steroid dienone is 1. The van der Waals surface area contributed by atoms with E-state index in [1.807, 2.05) is 13.8 Å². The first kappa shape index (κ1) is 11.2. The van der Waals surface area contributed by atoms with Gasteiger partial charge in [-0.15, -0.1) is 6.42 Å². The molecule has 0 saturated carbocycles. The fourth-order valence-electron chi connectivity index (χ4n) is 0.655. The lowest BCUT2D eigenvalue weighted by Crippen LogP contribution is -2.27. The van der Waals surface area contributed by atoms with Crippen LogP contribution in [0, 0.1) is 12.3 Å². The second-order valence-corrected chi connectivity index (χ2v) is 3.41. The Morgan fingerprint density at radius 3 is 2.42 bits per heavy atom. The van der Waals surface area contributed by atoms with Crippen LogP contribution in [0.25, 0.3) is 0 Å². The quantitative estimate of drug-likeness (QED) is 0.395. The lowest BCUT2D eigenvalue weighted by atomic mass is 10.1. The van der Waals surface area contributed by atoms with Gasteiger partial charge in [-0.25, -0.2) is 0 Å². The summed E-state index contributed by atoms with van der Waals surface area (Å²) in [6, 6.07) is 0. The number of aliphatic hydroxyl groups is 1. The lowest BCUT2D eigenvalue weighted by Gasteiger charge is -2.21. The highest BCUT2D eigenvalue weighted by Gasteiger charge is 2.17. The van der Waals surface area contributed by atoms with E-state index in [2.05, 4.69) is 5.92 Å². The van der Waals surface area contributed by atoms with Crippen molar-refractivity contribution in [2.24, 2.45) is 0 Å². The Balaban J connectivity index is 4.12. The molecule has 2 heteroatoms.